The van der Waals surface area contributed by atoms with E-state index in [0.717, 1.165) is 33.2 Å². The fourth-order valence-corrected chi connectivity index (χ4v) is 3.09. The average molecular weight is 420 g/mol. The van der Waals surface area contributed by atoms with E-state index in [1.165, 1.54) is 0 Å². The molecule has 3 aromatic rings. The molecule has 0 radical (unpaired) electrons. The number of rotatable bonds is 4. The van der Waals surface area contributed by atoms with Crippen LogP contribution in [0.15, 0.2) is 35.1 Å². The monoisotopic (exact) mass is 418 g/mol. The summed E-state index contributed by atoms with van der Waals surface area (Å²) in [5.41, 5.74) is 0.942. The standard InChI is InChI=1S/C15H11BrClF3N4/c16-13-9(17)1-2-10-12(13)8(7-23-10)3-5-21-14-22-6-4-11(24-14)15(18,19)20/h1-2,4,6-7,23H,3,5H2,(H,21,22,24). The third kappa shape index (κ3) is 3.49. The second-order valence-corrected chi connectivity index (χ2v) is 6.24. The molecule has 0 fully saturated rings. The van der Waals surface area contributed by atoms with Crippen molar-refractivity contribution in [3.63, 3.8) is 0 Å². The van der Waals surface area contributed by atoms with Crippen molar-refractivity contribution in [3.8, 4) is 0 Å². The van der Waals surface area contributed by atoms with Crippen LogP contribution in [0.1, 0.15) is 11.3 Å². The lowest BCUT2D eigenvalue weighted by Gasteiger charge is -2.08. The maximum absolute atomic E-state index is 12.6. The molecular formula is C15H11BrClF3N4. The number of halogens is 5. The predicted molar refractivity (Wildman–Crippen MR) is 90.2 cm³/mol. The molecule has 0 bridgehead atoms. The minimum Gasteiger partial charge on any atom is -0.361 e. The van der Waals surface area contributed by atoms with Gasteiger partial charge in [-0.3, -0.25) is 0 Å². The number of benzene rings is 1. The van der Waals surface area contributed by atoms with Gasteiger partial charge in [0.05, 0.1) is 5.02 Å². The van der Waals surface area contributed by atoms with Gasteiger partial charge in [-0.15, -0.1) is 0 Å². The zero-order chi connectivity index (χ0) is 17.3. The summed E-state index contributed by atoms with van der Waals surface area (Å²) < 4.78 is 38.7. The number of fused-ring (bicyclic) bond motifs is 1. The Morgan fingerprint density at radius 2 is 2.04 bits per heavy atom. The molecule has 0 spiro atoms. The van der Waals surface area contributed by atoms with Crippen LogP contribution < -0.4 is 5.32 Å². The van der Waals surface area contributed by atoms with Gasteiger partial charge in [0.1, 0.15) is 5.69 Å². The fraction of sp³-hybridized carbons (Fsp3) is 0.200. The van der Waals surface area contributed by atoms with Crippen LogP contribution >= 0.6 is 27.5 Å². The van der Waals surface area contributed by atoms with Crippen LogP contribution in [0, 0.1) is 0 Å². The number of nitrogens with one attached hydrogen (secondary N) is 2. The Morgan fingerprint density at radius 3 is 2.79 bits per heavy atom. The number of anilines is 1. The summed E-state index contributed by atoms with van der Waals surface area (Å²) in [5, 5.41) is 4.36. The lowest BCUT2D eigenvalue weighted by molar-refractivity contribution is -0.141. The summed E-state index contributed by atoms with van der Waals surface area (Å²) in [6.07, 6.45) is -0.989. The van der Waals surface area contributed by atoms with Gasteiger partial charge in [-0.05, 0) is 46.1 Å². The number of alkyl halides is 3. The molecular weight excluding hydrogens is 409 g/mol. The first-order chi connectivity index (χ1) is 11.4. The third-order valence-electron chi connectivity index (χ3n) is 3.44. The summed E-state index contributed by atoms with van der Waals surface area (Å²) in [5.74, 6) is -0.0539. The predicted octanol–water partition coefficient (Wildman–Crippen LogP) is 5.05. The Labute approximate surface area is 148 Å². The first-order valence-corrected chi connectivity index (χ1v) is 8.11. The Bertz CT molecular complexity index is 879. The van der Waals surface area contributed by atoms with Gasteiger partial charge in [-0.25, -0.2) is 9.97 Å². The average Bonchev–Trinajstić information content (AvgIpc) is 2.94. The largest absolute Gasteiger partial charge is 0.433 e. The van der Waals surface area contributed by atoms with Crippen molar-refractivity contribution in [2.75, 3.05) is 11.9 Å². The molecule has 126 valence electrons. The molecule has 24 heavy (non-hydrogen) atoms. The molecule has 2 N–H and O–H groups in total. The van der Waals surface area contributed by atoms with Crippen LogP contribution in [0.3, 0.4) is 0 Å². The van der Waals surface area contributed by atoms with Crippen molar-refractivity contribution in [1.82, 2.24) is 15.0 Å². The topological polar surface area (TPSA) is 53.6 Å². The Morgan fingerprint density at radius 1 is 1.25 bits per heavy atom. The van der Waals surface area contributed by atoms with Crippen molar-refractivity contribution in [2.24, 2.45) is 0 Å². The van der Waals surface area contributed by atoms with Gasteiger partial charge in [-0.1, -0.05) is 11.6 Å². The smallest absolute Gasteiger partial charge is 0.361 e. The van der Waals surface area contributed by atoms with Gasteiger partial charge in [-0.2, -0.15) is 13.2 Å². The molecule has 0 saturated heterocycles. The quantitative estimate of drug-likeness (QED) is 0.622. The molecule has 2 heterocycles. The van der Waals surface area contributed by atoms with Crippen LogP contribution in [0.25, 0.3) is 10.9 Å². The number of nitrogens with zero attached hydrogens (tertiary/aromatic N) is 2. The molecule has 0 atom stereocenters. The van der Waals surface area contributed by atoms with Gasteiger partial charge >= 0.3 is 6.18 Å². The summed E-state index contributed by atoms with van der Waals surface area (Å²) in [6, 6.07) is 4.49. The summed E-state index contributed by atoms with van der Waals surface area (Å²) in [7, 11) is 0. The van der Waals surface area contributed by atoms with E-state index >= 15 is 0 Å². The van der Waals surface area contributed by atoms with Gasteiger partial charge in [0.15, 0.2) is 0 Å². The highest BCUT2D eigenvalue weighted by molar-refractivity contribution is 9.10. The van der Waals surface area contributed by atoms with Crippen molar-refractivity contribution in [1.29, 1.82) is 0 Å². The minimum atomic E-state index is -4.49. The third-order valence-corrected chi connectivity index (χ3v) is 4.81. The maximum Gasteiger partial charge on any atom is 0.433 e. The molecule has 4 nitrogen and oxygen atoms in total. The van der Waals surface area contributed by atoms with Gasteiger partial charge in [0, 0.05) is 34.3 Å². The van der Waals surface area contributed by atoms with E-state index < -0.39 is 11.9 Å². The number of hydrogen-bond donors (Lipinski definition) is 2. The molecule has 0 aliphatic rings. The number of H-pyrrole nitrogens is 1. The highest BCUT2D eigenvalue weighted by atomic mass is 79.9. The second kappa shape index (κ2) is 6.60. The summed E-state index contributed by atoms with van der Waals surface area (Å²) >= 11 is 9.56. The Kier molecular flexibility index (Phi) is 4.69. The van der Waals surface area contributed by atoms with Gasteiger partial charge in [0.2, 0.25) is 5.95 Å². The van der Waals surface area contributed by atoms with Crippen molar-refractivity contribution >= 4 is 44.4 Å². The number of hydrogen-bond acceptors (Lipinski definition) is 3. The lowest BCUT2D eigenvalue weighted by atomic mass is 10.1. The molecule has 3 rings (SSSR count). The van der Waals surface area contributed by atoms with E-state index in [1.54, 1.807) is 6.07 Å². The van der Waals surface area contributed by atoms with E-state index in [4.69, 9.17) is 11.6 Å². The van der Waals surface area contributed by atoms with Crippen LogP contribution in [0.5, 0.6) is 0 Å². The van der Waals surface area contributed by atoms with E-state index in [9.17, 15) is 13.2 Å². The SMILES string of the molecule is FC(F)(F)c1ccnc(NCCc2c[nH]c3ccc(Cl)c(Br)c23)n1. The Hall–Kier alpha value is -1.80. The fourth-order valence-electron chi connectivity index (χ4n) is 2.33. The molecule has 0 saturated carbocycles. The summed E-state index contributed by atoms with van der Waals surface area (Å²) in [6.45, 7) is 0.382. The highest BCUT2D eigenvalue weighted by Gasteiger charge is 2.32. The van der Waals surface area contributed by atoms with E-state index in [2.05, 4.69) is 36.2 Å². The summed E-state index contributed by atoms with van der Waals surface area (Å²) in [4.78, 5) is 10.4. The highest BCUT2D eigenvalue weighted by Crippen LogP contribution is 2.33. The Balaban J connectivity index is 1.73. The van der Waals surface area contributed by atoms with Gasteiger partial charge in [0.25, 0.3) is 0 Å². The van der Waals surface area contributed by atoms with Crippen LogP contribution in [-0.4, -0.2) is 21.5 Å². The van der Waals surface area contributed by atoms with Gasteiger partial charge < -0.3 is 10.3 Å². The molecule has 2 aromatic heterocycles. The van der Waals surface area contributed by atoms with Crippen molar-refractivity contribution < 1.29 is 13.2 Å². The molecule has 0 amide bonds. The molecule has 0 aliphatic carbocycles. The van der Waals surface area contributed by atoms with Crippen LogP contribution in [0.2, 0.25) is 5.02 Å². The van der Waals surface area contributed by atoms with Crippen LogP contribution in [0.4, 0.5) is 19.1 Å². The van der Waals surface area contributed by atoms with E-state index in [1.807, 2.05) is 12.3 Å². The van der Waals surface area contributed by atoms with E-state index in [0.29, 0.717) is 18.0 Å². The lowest BCUT2D eigenvalue weighted by Crippen LogP contribution is -2.13. The zero-order valence-corrected chi connectivity index (χ0v) is 14.4. The first-order valence-electron chi connectivity index (χ1n) is 6.94. The molecule has 9 heteroatoms. The molecule has 0 unspecified atom stereocenters. The first kappa shape index (κ1) is 17.0. The van der Waals surface area contributed by atoms with Crippen LogP contribution in [-0.2, 0) is 12.6 Å². The number of aromatic nitrogens is 3. The maximum atomic E-state index is 12.6. The van der Waals surface area contributed by atoms with E-state index in [-0.39, 0.29) is 5.95 Å². The molecule has 1 aromatic carbocycles. The minimum absolute atomic E-state index is 0.0539. The normalized spacial score (nSPS) is 11.9. The zero-order valence-electron chi connectivity index (χ0n) is 12.1. The second-order valence-electron chi connectivity index (χ2n) is 5.04. The van der Waals surface area contributed by atoms with Crippen molar-refractivity contribution in [2.45, 2.75) is 12.6 Å². The molecule has 0 aliphatic heterocycles. The van der Waals surface area contributed by atoms with Crippen molar-refractivity contribution in [3.05, 3.63) is 51.3 Å². The number of aromatic amines is 1.